The van der Waals surface area contributed by atoms with Crippen LogP contribution >= 0.6 is 22.9 Å². The number of nitrogens with zero attached hydrogens (tertiary/aromatic N) is 2. The Hall–Kier alpha value is -0.900. The van der Waals surface area contributed by atoms with E-state index < -0.39 is 0 Å². The van der Waals surface area contributed by atoms with E-state index in [-0.39, 0.29) is 0 Å². The van der Waals surface area contributed by atoms with Crippen molar-refractivity contribution in [1.82, 2.24) is 9.88 Å². The summed E-state index contributed by atoms with van der Waals surface area (Å²) in [5.41, 5.74) is 2.61. The summed E-state index contributed by atoms with van der Waals surface area (Å²) in [6.45, 7) is 4.63. The van der Waals surface area contributed by atoms with Crippen molar-refractivity contribution in [2.75, 3.05) is 20.1 Å². The Bertz CT molecular complexity index is 613. The van der Waals surface area contributed by atoms with Crippen LogP contribution in [0.1, 0.15) is 46.8 Å². The first kappa shape index (κ1) is 16.0. The van der Waals surface area contributed by atoms with E-state index in [2.05, 4.69) is 31.0 Å². The highest BCUT2D eigenvalue weighted by Crippen LogP contribution is 2.35. The van der Waals surface area contributed by atoms with Crippen molar-refractivity contribution in [2.24, 2.45) is 0 Å². The van der Waals surface area contributed by atoms with E-state index in [1.165, 1.54) is 42.2 Å². The molecule has 3 rings (SSSR count). The van der Waals surface area contributed by atoms with Crippen LogP contribution in [0.3, 0.4) is 0 Å². The van der Waals surface area contributed by atoms with E-state index in [1.54, 1.807) is 4.88 Å². The van der Waals surface area contributed by atoms with Gasteiger partial charge < -0.3 is 4.90 Å². The molecule has 1 aliphatic heterocycles. The van der Waals surface area contributed by atoms with Crippen molar-refractivity contribution in [2.45, 2.75) is 38.5 Å². The molecule has 1 aromatic carbocycles. The Morgan fingerprint density at radius 2 is 1.91 bits per heavy atom. The molecule has 1 aliphatic rings. The average Bonchev–Trinajstić information content (AvgIpc) is 2.93. The molecule has 2 nitrogen and oxygen atoms in total. The normalized spacial score (nSPS) is 17.0. The van der Waals surface area contributed by atoms with Crippen LogP contribution < -0.4 is 0 Å². The van der Waals surface area contributed by atoms with Gasteiger partial charge >= 0.3 is 0 Å². The highest BCUT2D eigenvalue weighted by Gasteiger charge is 2.23. The number of hydrogen-bond donors (Lipinski definition) is 0. The summed E-state index contributed by atoms with van der Waals surface area (Å²) in [7, 11) is 2.22. The third-order valence-electron chi connectivity index (χ3n) is 4.46. The number of halogens is 1. The lowest BCUT2D eigenvalue weighted by molar-refractivity contribution is 0.256. The maximum absolute atomic E-state index is 5.96. The first-order valence-electron chi connectivity index (χ1n) is 8.07. The molecule has 0 unspecified atom stereocenters. The Morgan fingerprint density at radius 1 is 1.23 bits per heavy atom. The van der Waals surface area contributed by atoms with E-state index in [1.807, 2.05) is 23.5 Å². The van der Waals surface area contributed by atoms with Crippen molar-refractivity contribution >= 4 is 22.9 Å². The predicted molar refractivity (Wildman–Crippen MR) is 95.2 cm³/mol. The Balaban J connectivity index is 1.77. The minimum absolute atomic E-state index is 0.711. The molecule has 0 N–H and O–H groups in total. The van der Waals surface area contributed by atoms with Crippen molar-refractivity contribution in [3.8, 4) is 0 Å². The molecular formula is C18H23ClN2S. The van der Waals surface area contributed by atoms with Gasteiger partial charge in [0.2, 0.25) is 0 Å². The molecule has 118 valence electrons. The summed E-state index contributed by atoms with van der Waals surface area (Å²) < 4.78 is 0. The van der Waals surface area contributed by atoms with Gasteiger partial charge in [0.25, 0.3) is 0 Å². The summed E-state index contributed by atoms with van der Waals surface area (Å²) in [5.74, 6) is 0.711. The van der Waals surface area contributed by atoms with Crippen molar-refractivity contribution in [3.63, 3.8) is 0 Å². The third kappa shape index (κ3) is 3.70. The summed E-state index contributed by atoms with van der Waals surface area (Å²) >= 11 is 7.89. The smallest absolute Gasteiger partial charge is 0.0975 e. The molecule has 2 heterocycles. The first-order chi connectivity index (χ1) is 10.7. The molecule has 0 bridgehead atoms. The molecule has 1 fully saturated rings. The van der Waals surface area contributed by atoms with Gasteiger partial charge in [0.05, 0.1) is 10.7 Å². The van der Waals surface area contributed by atoms with Gasteiger partial charge in [0.15, 0.2) is 0 Å². The Morgan fingerprint density at radius 3 is 2.55 bits per heavy atom. The molecule has 1 saturated heterocycles. The van der Waals surface area contributed by atoms with E-state index in [9.17, 15) is 0 Å². The zero-order chi connectivity index (χ0) is 15.5. The van der Waals surface area contributed by atoms with Gasteiger partial charge in [-0.05, 0) is 63.0 Å². The minimum Gasteiger partial charge on any atom is -0.306 e. The van der Waals surface area contributed by atoms with Crippen molar-refractivity contribution in [1.29, 1.82) is 0 Å². The number of thiazole rings is 1. The van der Waals surface area contributed by atoms with E-state index in [4.69, 9.17) is 16.6 Å². The van der Waals surface area contributed by atoms with Crippen LogP contribution in [0.4, 0.5) is 0 Å². The maximum Gasteiger partial charge on any atom is 0.0975 e. The molecule has 0 saturated carbocycles. The molecule has 22 heavy (non-hydrogen) atoms. The number of rotatable bonds is 4. The monoisotopic (exact) mass is 334 g/mol. The fourth-order valence-electron chi connectivity index (χ4n) is 3.11. The number of benzene rings is 1. The second-order valence-electron chi connectivity index (χ2n) is 6.15. The SMILES string of the molecule is CCc1nc(Cc2ccc(Cl)cc2)sc1C1CCN(C)CC1. The molecular weight excluding hydrogens is 312 g/mol. The summed E-state index contributed by atoms with van der Waals surface area (Å²) in [5, 5.41) is 2.04. The lowest BCUT2D eigenvalue weighted by atomic mass is 9.94. The zero-order valence-electron chi connectivity index (χ0n) is 13.3. The number of aromatic nitrogens is 1. The zero-order valence-corrected chi connectivity index (χ0v) is 14.9. The average molecular weight is 335 g/mol. The van der Waals surface area contributed by atoms with E-state index in [0.29, 0.717) is 5.92 Å². The third-order valence-corrected chi connectivity index (χ3v) is 5.98. The molecule has 0 radical (unpaired) electrons. The highest BCUT2D eigenvalue weighted by atomic mass is 35.5. The maximum atomic E-state index is 5.96. The van der Waals surface area contributed by atoms with Crippen molar-refractivity contribution in [3.05, 3.63) is 50.4 Å². The molecule has 0 spiro atoms. The molecule has 4 heteroatoms. The summed E-state index contributed by atoms with van der Waals surface area (Å²) in [6.07, 6.45) is 4.50. The van der Waals surface area contributed by atoms with Crippen LogP contribution in [0.15, 0.2) is 24.3 Å². The lowest BCUT2D eigenvalue weighted by Gasteiger charge is -2.28. The van der Waals surface area contributed by atoms with Crippen LogP contribution in [-0.2, 0) is 12.8 Å². The standard InChI is InChI=1S/C18H23ClN2S/c1-3-16-18(14-8-10-21(2)11-9-14)22-17(20-16)12-13-4-6-15(19)7-5-13/h4-7,14H,3,8-12H2,1-2H3. The van der Waals surface area contributed by atoms with E-state index in [0.717, 1.165) is 17.9 Å². The van der Waals surface area contributed by atoms with Crippen LogP contribution in [0.5, 0.6) is 0 Å². The minimum atomic E-state index is 0.711. The van der Waals surface area contributed by atoms with Crippen LogP contribution in [0.2, 0.25) is 5.02 Å². The van der Waals surface area contributed by atoms with Crippen molar-refractivity contribution < 1.29 is 0 Å². The summed E-state index contributed by atoms with van der Waals surface area (Å²) in [6, 6.07) is 8.13. The van der Waals surface area contributed by atoms with Gasteiger partial charge in [-0.15, -0.1) is 11.3 Å². The Kier molecular flexibility index (Phi) is 5.17. The fourth-order valence-corrected chi connectivity index (χ4v) is 4.59. The van der Waals surface area contributed by atoms with Gasteiger partial charge in [0.1, 0.15) is 0 Å². The van der Waals surface area contributed by atoms with Crippen LogP contribution in [0, 0.1) is 0 Å². The second kappa shape index (κ2) is 7.12. The van der Waals surface area contributed by atoms with Gasteiger partial charge in [-0.3, -0.25) is 0 Å². The molecule has 0 amide bonds. The van der Waals surface area contributed by atoms with Crippen LogP contribution in [-0.4, -0.2) is 30.0 Å². The highest BCUT2D eigenvalue weighted by molar-refractivity contribution is 7.11. The second-order valence-corrected chi connectivity index (χ2v) is 7.70. The topological polar surface area (TPSA) is 16.1 Å². The van der Waals surface area contributed by atoms with E-state index >= 15 is 0 Å². The largest absolute Gasteiger partial charge is 0.306 e. The number of hydrogen-bond acceptors (Lipinski definition) is 3. The number of piperidine rings is 1. The van der Waals surface area contributed by atoms with Gasteiger partial charge in [-0.1, -0.05) is 30.7 Å². The lowest BCUT2D eigenvalue weighted by Crippen LogP contribution is -2.29. The summed E-state index contributed by atoms with van der Waals surface area (Å²) in [4.78, 5) is 8.88. The fraction of sp³-hybridized carbons (Fsp3) is 0.500. The van der Waals surface area contributed by atoms with Crippen LogP contribution in [0.25, 0.3) is 0 Å². The quantitative estimate of drug-likeness (QED) is 0.801. The predicted octanol–water partition coefficient (Wildman–Crippen LogP) is 4.76. The first-order valence-corrected chi connectivity index (χ1v) is 9.26. The molecule has 1 aromatic heterocycles. The molecule has 0 atom stereocenters. The number of likely N-dealkylation sites (tertiary alicyclic amines) is 1. The molecule has 2 aromatic rings. The van der Waals surface area contributed by atoms with Gasteiger partial charge in [-0.25, -0.2) is 4.98 Å². The number of aryl methyl sites for hydroxylation is 1. The van der Waals surface area contributed by atoms with Gasteiger partial charge in [-0.2, -0.15) is 0 Å². The molecule has 0 aliphatic carbocycles. The van der Waals surface area contributed by atoms with Gasteiger partial charge in [0, 0.05) is 16.3 Å². The Labute approximate surface area is 142 Å².